The molecule has 0 spiro atoms. The summed E-state index contributed by atoms with van der Waals surface area (Å²) in [6.45, 7) is 0. The molecule has 2 aromatic rings. The van der Waals surface area contributed by atoms with Gasteiger partial charge < -0.3 is 9.15 Å². The lowest BCUT2D eigenvalue weighted by atomic mass is 10.0. The molecule has 0 bridgehead atoms. The van der Waals surface area contributed by atoms with Gasteiger partial charge >= 0.3 is 5.97 Å². The number of nitrogens with zero attached hydrogens (tertiary/aromatic N) is 1. The molecule has 0 unspecified atom stereocenters. The first-order valence-electron chi connectivity index (χ1n) is 7.04. The van der Waals surface area contributed by atoms with Gasteiger partial charge in [0.05, 0.1) is 7.11 Å². The van der Waals surface area contributed by atoms with E-state index in [-0.39, 0.29) is 5.92 Å². The van der Waals surface area contributed by atoms with E-state index >= 15 is 0 Å². The minimum absolute atomic E-state index is 0.250. The topological polar surface area (TPSA) is 52.3 Å². The summed E-state index contributed by atoms with van der Waals surface area (Å²) in [5.74, 6) is 0.864. The van der Waals surface area contributed by atoms with E-state index in [1.54, 1.807) is 12.1 Å². The first-order valence-corrected chi connectivity index (χ1v) is 7.42. The lowest BCUT2D eigenvalue weighted by Crippen LogP contribution is -2.07. The lowest BCUT2D eigenvalue weighted by Gasteiger charge is -2.05. The maximum absolute atomic E-state index is 11.9. The molecule has 1 heterocycles. The predicted octanol–water partition coefficient (Wildman–Crippen LogP) is 4.44. The molecule has 0 aliphatic heterocycles. The highest BCUT2D eigenvalue weighted by Crippen LogP contribution is 2.38. The van der Waals surface area contributed by atoms with E-state index in [2.05, 4.69) is 4.98 Å². The molecule has 0 atom stereocenters. The third-order valence-corrected chi connectivity index (χ3v) is 4.06. The zero-order valence-corrected chi connectivity index (χ0v) is 12.5. The van der Waals surface area contributed by atoms with Gasteiger partial charge in [-0.05, 0) is 31.0 Å². The van der Waals surface area contributed by atoms with Crippen LogP contribution in [-0.2, 0) is 4.74 Å². The van der Waals surface area contributed by atoms with Crippen molar-refractivity contribution in [3.8, 4) is 11.5 Å². The van der Waals surface area contributed by atoms with Gasteiger partial charge in [-0.1, -0.05) is 30.5 Å². The zero-order chi connectivity index (χ0) is 14.8. The first-order chi connectivity index (χ1) is 10.2. The van der Waals surface area contributed by atoms with Crippen molar-refractivity contribution >= 4 is 17.6 Å². The molecule has 1 aromatic carbocycles. The zero-order valence-electron chi connectivity index (χ0n) is 11.8. The van der Waals surface area contributed by atoms with Crippen LogP contribution in [0.15, 0.2) is 28.7 Å². The van der Waals surface area contributed by atoms with Crippen molar-refractivity contribution in [1.29, 1.82) is 0 Å². The quantitative estimate of drug-likeness (QED) is 0.787. The molecular formula is C16H16ClNO3. The summed E-state index contributed by atoms with van der Waals surface area (Å²) in [5, 5.41) is 0.604. The summed E-state index contributed by atoms with van der Waals surface area (Å²) in [6, 6.07) is 7.24. The van der Waals surface area contributed by atoms with E-state index < -0.39 is 5.97 Å². The van der Waals surface area contributed by atoms with Crippen LogP contribution in [0.4, 0.5) is 0 Å². The van der Waals surface area contributed by atoms with Gasteiger partial charge in [0.25, 0.3) is 0 Å². The van der Waals surface area contributed by atoms with Crippen LogP contribution in [0.2, 0.25) is 5.02 Å². The number of hydrogen-bond acceptors (Lipinski definition) is 4. The van der Waals surface area contributed by atoms with Crippen LogP contribution in [0.3, 0.4) is 0 Å². The molecule has 1 aliphatic rings. The molecule has 1 aromatic heterocycles. The number of oxazole rings is 1. The number of benzene rings is 1. The van der Waals surface area contributed by atoms with E-state index in [9.17, 15) is 4.79 Å². The summed E-state index contributed by atoms with van der Waals surface area (Å²) in [5.41, 5.74) is 1.05. The monoisotopic (exact) mass is 305 g/mol. The van der Waals surface area contributed by atoms with Crippen LogP contribution in [0.25, 0.3) is 11.5 Å². The molecule has 0 saturated heterocycles. The second kappa shape index (κ2) is 5.90. The molecule has 5 heteroatoms. The summed E-state index contributed by atoms with van der Waals surface area (Å²) in [4.78, 5) is 16.3. The number of carbonyl (C=O) groups excluding carboxylic acids is 1. The van der Waals surface area contributed by atoms with E-state index in [1.165, 1.54) is 7.11 Å². The minimum Gasteiger partial charge on any atom is -0.464 e. The van der Waals surface area contributed by atoms with E-state index in [0.717, 1.165) is 31.2 Å². The molecule has 21 heavy (non-hydrogen) atoms. The minimum atomic E-state index is -0.450. The van der Waals surface area contributed by atoms with E-state index in [1.807, 2.05) is 12.1 Å². The number of ether oxygens (including phenoxy) is 1. The van der Waals surface area contributed by atoms with Gasteiger partial charge in [-0.25, -0.2) is 9.78 Å². The molecular weight excluding hydrogens is 290 g/mol. The molecule has 0 N–H and O–H groups in total. The van der Waals surface area contributed by atoms with Gasteiger partial charge in [0.1, 0.15) is 5.76 Å². The Morgan fingerprint density at radius 2 is 2.14 bits per heavy atom. The number of hydrogen-bond donors (Lipinski definition) is 0. The third kappa shape index (κ3) is 2.81. The molecule has 4 nitrogen and oxygen atoms in total. The summed E-state index contributed by atoms with van der Waals surface area (Å²) >= 11 is 6.00. The Kier molecular flexibility index (Phi) is 3.97. The van der Waals surface area contributed by atoms with Crippen LogP contribution < -0.4 is 0 Å². The smallest absolute Gasteiger partial charge is 0.360 e. The summed E-state index contributed by atoms with van der Waals surface area (Å²) < 4.78 is 10.7. The lowest BCUT2D eigenvalue weighted by molar-refractivity contribution is 0.0591. The van der Waals surface area contributed by atoms with Crippen molar-refractivity contribution in [2.24, 2.45) is 0 Å². The molecule has 1 fully saturated rings. The Hall–Kier alpha value is -1.81. The first kappa shape index (κ1) is 14.1. The molecule has 0 radical (unpaired) electrons. The number of halogens is 1. The number of aromatic nitrogens is 1. The Morgan fingerprint density at radius 3 is 2.81 bits per heavy atom. The van der Waals surface area contributed by atoms with Crippen molar-refractivity contribution in [3.63, 3.8) is 0 Å². The van der Waals surface area contributed by atoms with Gasteiger partial charge in [-0.2, -0.15) is 0 Å². The number of esters is 1. The highest BCUT2D eigenvalue weighted by Gasteiger charge is 2.29. The predicted molar refractivity (Wildman–Crippen MR) is 79.5 cm³/mol. The van der Waals surface area contributed by atoms with Gasteiger partial charge in [0.2, 0.25) is 5.89 Å². The average molecular weight is 306 g/mol. The molecule has 1 aliphatic carbocycles. The normalized spacial score (nSPS) is 15.3. The van der Waals surface area contributed by atoms with Crippen LogP contribution in [0, 0.1) is 0 Å². The van der Waals surface area contributed by atoms with Gasteiger partial charge in [0.15, 0.2) is 5.69 Å². The third-order valence-electron chi connectivity index (χ3n) is 3.83. The number of carbonyl (C=O) groups is 1. The van der Waals surface area contributed by atoms with Gasteiger partial charge in [0, 0.05) is 16.5 Å². The Bertz CT molecular complexity index is 659. The number of methoxy groups -OCH3 is 1. The maximum atomic E-state index is 11.9. The second-order valence-electron chi connectivity index (χ2n) is 5.22. The summed E-state index contributed by atoms with van der Waals surface area (Å²) in [7, 11) is 1.36. The fourth-order valence-corrected chi connectivity index (χ4v) is 2.97. The second-order valence-corrected chi connectivity index (χ2v) is 5.65. The fraction of sp³-hybridized carbons (Fsp3) is 0.375. The Balaban J connectivity index is 2.04. The number of rotatable bonds is 3. The molecule has 0 amide bonds. The van der Waals surface area contributed by atoms with E-state index in [0.29, 0.717) is 22.4 Å². The van der Waals surface area contributed by atoms with Crippen molar-refractivity contribution in [3.05, 3.63) is 40.7 Å². The van der Waals surface area contributed by atoms with Crippen LogP contribution in [0.5, 0.6) is 0 Å². The highest BCUT2D eigenvalue weighted by atomic mass is 35.5. The van der Waals surface area contributed by atoms with Crippen molar-refractivity contribution < 1.29 is 13.9 Å². The maximum Gasteiger partial charge on any atom is 0.360 e. The standard InChI is InChI=1S/C16H16ClNO3/c1-20-16(19)13-14(10-5-2-3-6-10)21-15(18-13)11-7-4-8-12(17)9-11/h4,7-10H,2-3,5-6H2,1H3. The van der Waals surface area contributed by atoms with Crippen molar-refractivity contribution in [1.82, 2.24) is 4.98 Å². The highest BCUT2D eigenvalue weighted by molar-refractivity contribution is 6.30. The van der Waals surface area contributed by atoms with Gasteiger partial charge in [-0.15, -0.1) is 0 Å². The summed E-state index contributed by atoms with van der Waals surface area (Å²) in [6.07, 6.45) is 4.35. The van der Waals surface area contributed by atoms with Crippen LogP contribution >= 0.6 is 11.6 Å². The van der Waals surface area contributed by atoms with E-state index in [4.69, 9.17) is 20.8 Å². The SMILES string of the molecule is COC(=O)c1nc(-c2cccc(Cl)c2)oc1C1CCCC1. The molecule has 1 saturated carbocycles. The largest absolute Gasteiger partial charge is 0.464 e. The Labute approximate surface area is 128 Å². The van der Waals surface area contributed by atoms with Crippen LogP contribution in [0.1, 0.15) is 47.8 Å². The Morgan fingerprint density at radius 1 is 1.38 bits per heavy atom. The molecule has 3 rings (SSSR count). The molecule has 110 valence electrons. The van der Waals surface area contributed by atoms with Crippen LogP contribution in [-0.4, -0.2) is 18.1 Å². The van der Waals surface area contributed by atoms with Gasteiger partial charge in [-0.3, -0.25) is 0 Å². The average Bonchev–Trinajstić information content (AvgIpc) is 3.15. The fourth-order valence-electron chi connectivity index (χ4n) is 2.78. The van der Waals surface area contributed by atoms with Crippen molar-refractivity contribution in [2.45, 2.75) is 31.6 Å². The van der Waals surface area contributed by atoms with Crippen molar-refractivity contribution in [2.75, 3.05) is 7.11 Å².